The van der Waals surface area contributed by atoms with Crippen LogP contribution in [0.25, 0.3) is 6.08 Å². The van der Waals surface area contributed by atoms with Crippen LogP contribution < -0.4 is 14.8 Å². The van der Waals surface area contributed by atoms with E-state index in [9.17, 15) is 4.79 Å². The van der Waals surface area contributed by atoms with E-state index in [0.717, 1.165) is 3.77 Å². The minimum atomic E-state index is -0.328. The zero-order valence-electron chi connectivity index (χ0n) is 11.9. The Bertz CT molecular complexity index is 712. The van der Waals surface area contributed by atoms with Crippen LogP contribution in [0.2, 0.25) is 5.02 Å². The number of nitrogens with one attached hydrogen (secondary N) is 1. The molecule has 1 aromatic carbocycles. The third-order valence-corrected chi connectivity index (χ3v) is 3.60. The van der Waals surface area contributed by atoms with E-state index < -0.39 is 0 Å². The van der Waals surface area contributed by atoms with Crippen molar-refractivity contribution in [2.75, 3.05) is 19.5 Å². The van der Waals surface area contributed by atoms with Crippen molar-refractivity contribution in [3.8, 4) is 11.5 Å². The highest BCUT2D eigenvalue weighted by atomic mass is 127. The van der Waals surface area contributed by atoms with Gasteiger partial charge in [0.05, 0.1) is 24.9 Å². The highest BCUT2D eigenvalue weighted by Gasteiger charge is 2.11. The normalized spacial score (nSPS) is 10.7. The quantitative estimate of drug-likeness (QED) is 0.567. The zero-order chi connectivity index (χ0) is 16.1. The first-order valence-electron chi connectivity index (χ1n) is 6.19. The topological polar surface area (TPSA) is 60.7 Å². The number of rotatable bonds is 5. The lowest BCUT2D eigenvalue weighted by Gasteiger charge is -2.12. The predicted octanol–water partition coefficient (Wildman–Crippen LogP) is 4.21. The summed E-state index contributed by atoms with van der Waals surface area (Å²) in [5, 5.41) is 3.07. The number of carbonyl (C=O) groups excluding carboxylic acids is 1. The molecule has 0 aliphatic heterocycles. The summed E-state index contributed by atoms with van der Waals surface area (Å²) in [4.78, 5) is 12.0. The third kappa shape index (κ3) is 4.17. The molecule has 22 heavy (non-hydrogen) atoms. The molecule has 1 heterocycles. The molecule has 0 saturated carbocycles. The molecule has 1 amide bonds. The highest BCUT2D eigenvalue weighted by Crippen LogP contribution is 2.35. The molecule has 0 bridgehead atoms. The molecule has 0 radical (unpaired) electrons. The minimum absolute atomic E-state index is 0.328. The summed E-state index contributed by atoms with van der Waals surface area (Å²) in [5.41, 5.74) is 0.456. The largest absolute Gasteiger partial charge is 0.495 e. The number of anilines is 1. The first-order valence-corrected chi connectivity index (χ1v) is 7.65. The third-order valence-electron chi connectivity index (χ3n) is 2.72. The maximum absolute atomic E-state index is 12.0. The Morgan fingerprint density at radius 2 is 2.00 bits per heavy atom. The molecule has 0 spiro atoms. The van der Waals surface area contributed by atoms with Crippen LogP contribution in [-0.4, -0.2) is 20.1 Å². The molecule has 1 aromatic heterocycles. The van der Waals surface area contributed by atoms with Gasteiger partial charge in [-0.25, -0.2) is 0 Å². The van der Waals surface area contributed by atoms with Gasteiger partial charge < -0.3 is 19.2 Å². The van der Waals surface area contributed by atoms with Gasteiger partial charge in [-0.15, -0.1) is 0 Å². The molecule has 0 saturated heterocycles. The molecule has 2 aromatic rings. The van der Waals surface area contributed by atoms with Gasteiger partial charge in [-0.2, -0.15) is 0 Å². The molecule has 0 aliphatic carbocycles. The molecule has 2 rings (SSSR count). The van der Waals surface area contributed by atoms with Crippen LogP contribution in [0.15, 0.2) is 34.8 Å². The Hall–Kier alpha value is -1.67. The van der Waals surface area contributed by atoms with Crippen molar-refractivity contribution in [3.63, 3.8) is 0 Å². The lowest BCUT2D eigenvalue weighted by molar-refractivity contribution is -0.111. The van der Waals surface area contributed by atoms with E-state index in [-0.39, 0.29) is 5.91 Å². The van der Waals surface area contributed by atoms with Gasteiger partial charge in [0.2, 0.25) is 5.91 Å². The van der Waals surface area contributed by atoms with E-state index in [1.54, 1.807) is 24.3 Å². The van der Waals surface area contributed by atoms with Crippen LogP contribution in [0, 0.1) is 3.77 Å². The summed E-state index contributed by atoms with van der Waals surface area (Å²) in [6.45, 7) is 0. The number of hydrogen-bond acceptors (Lipinski definition) is 4. The van der Waals surface area contributed by atoms with Crippen molar-refractivity contribution in [2.24, 2.45) is 0 Å². The van der Waals surface area contributed by atoms with E-state index in [0.29, 0.717) is 28.0 Å². The lowest BCUT2D eigenvalue weighted by atomic mass is 10.2. The number of benzene rings is 1. The minimum Gasteiger partial charge on any atom is -0.495 e. The number of ether oxygens (including phenoxy) is 2. The van der Waals surface area contributed by atoms with Gasteiger partial charge in [-0.05, 0) is 46.9 Å². The second kappa shape index (κ2) is 7.55. The van der Waals surface area contributed by atoms with Crippen LogP contribution in [0.3, 0.4) is 0 Å². The SMILES string of the molecule is COc1cc(OC)c(NC(=O)/C=C/c2ccc(I)o2)cc1Cl. The molecule has 7 heteroatoms. The first-order chi connectivity index (χ1) is 10.5. The molecule has 0 aliphatic rings. The molecule has 116 valence electrons. The van der Waals surface area contributed by atoms with Gasteiger partial charge in [0.1, 0.15) is 17.3 Å². The van der Waals surface area contributed by atoms with E-state index in [1.165, 1.54) is 20.3 Å². The Labute approximate surface area is 146 Å². The fraction of sp³-hybridized carbons (Fsp3) is 0.133. The summed E-state index contributed by atoms with van der Waals surface area (Å²) >= 11 is 8.10. The Morgan fingerprint density at radius 3 is 2.59 bits per heavy atom. The second-order valence-corrected chi connectivity index (χ2v) is 5.62. The fourth-order valence-corrected chi connectivity index (χ4v) is 2.38. The summed E-state index contributed by atoms with van der Waals surface area (Å²) in [6.07, 6.45) is 2.95. The Kier molecular flexibility index (Phi) is 5.73. The van der Waals surface area contributed by atoms with Crippen LogP contribution in [0.4, 0.5) is 5.69 Å². The van der Waals surface area contributed by atoms with Gasteiger partial charge in [0, 0.05) is 12.1 Å². The molecule has 0 atom stereocenters. The monoisotopic (exact) mass is 433 g/mol. The molecule has 5 nitrogen and oxygen atoms in total. The van der Waals surface area contributed by atoms with Crippen molar-refractivity contribution in [2.45, 2.75) is 0 Å². The van der Waals surface area contributed by atoms with Crippen molar-refractivity contribution < 1.29 is 18.7 Å². The van der Waals surface area contributed by atoms with Crippen LogP contribution >= 0.6 is 34.2 Å². The lowest BCUT2D eigenvalue weighted by Crippen LogP contribution is -2.09. The maximum Gasteiger partial charge on any atom is 0.248 e. The number of carbonyl (C=O) groups is 1. The van der Waals surface area contributed by atoms with Crippen molar-refractivity contribution in [3.05, 3.63) is 44.9 Å². The standard InChI is InChI=1S/C15H13ClINO4/c1-20-12-8-13(21-2)11(7-10(12)16)18-15(19)6-4-9-3-5-14(17)22-9/h3-8H,1-2H3,(H,18,19)/b6-4+. The first kappa shape index (κ1) is 16.7. The zero-order valence-corrected chi connectivity index (χ0v) is 14.8. The van der Waals surface area contributed by atoms with Gasteiger partial charge in [0.25, 0.3) is 0 Å². The molecule has 0 unspecified atom stereocenters. The van der Waals surface area contributed by atoms with E-state index >= 15 is 0 Å². The Balaban J connectivity index is 2.14. The molecule has 1 N–H and O–H groups in total. The molecular weight excluding hydrogens is 421 g/mol. The smallest absolute Gasteiger partial charge is 0.248 e. The fourth-order valence-electron chi connectivity index (χ4n) is 1.71. The van der Waals surface area contributed by atoms with Crippen molar-refractivity contribution >= 4 is 51.9 Å². The number of hydrogen-bond donors (Lipinski definition) is 1. The van der Waals surface area contributed by atoms with Crippen LogP contribution in [0.5, 0.6) is 11.5 Å². The average Bonchev–Trinajstić information content (AvgIpc) is 2.91. The number of amides is 1. The summed E-state index contributed by atoms with van der Waals surface area (Å²) < 4.78 is 16.4. The van der Waals surface area contributed by atoms with E-state index in [2.05, 4.69) is 27.9 Å². The van der Waals surface area contributed by atoms with Gasteiger partial charge >= 0.3 is 0 Å². The molecular formula is C15H13ClINO4. The van der Waals surface area contributed by atoms with Crippen LogP contribution in [0.1, 0.15) is 5.76 Å². The number of furan rings is 1. The highest BCUT2D eigenvalue weighted by molar-refractivity contribution is 14.1. The van der Waals surface area contributed by atoms with Crippen molar-refractivity contribution in [1.29, 1.82) is 0 Å². The predicted molar refractivity (Wildman–Crippen MR) is 93.6 cm³/mol. The number of methoxy groups -OCH3 is 2. The van der Waals surface area contributed by atoms with Crippen LogP contribution in [-0.2, 0) is 4.79 Å². The summed E-state index contributed by atoms with van der Waals surface area (Å²) in [6, 6.07) is 6.76. The Morgan fingerprint density at radius 1 is 1.27 bits per heavy atom. The average molecular weight is 434 g/mol. The van der Waals surface area contributed by atoms with E-state index in [4.69, 9.17) is 25.5 Å². The van der Waals surface area contributed by atoms with Gasteiger partial charge in [-0.1, -0.05) is 11.6 Å². The maximum atomic E-state index is 12.0. The summed E-state index contributed by atoms with van der Waals surface area (Å²) in [5.74, 6) is 1.19. The second-order valence-electron chi connectivity index (χ2n) is 4.15. The summed E-state index contributed by atoms with van der Waals surface area (Å²) in [7, 11) is 3.01. The molecule has 0 fully saturated rings. The van der Waals surface area contributed by atoms with Gasteiger partial charge in [-0.3, -0.25) is 4.79 Å². The van der Waals surface area contributed by atoms with E-state index in [1.807, 2.05) is 6.07 Å². The number of halogens is 2. The van der Waals surface area contributed by atoms with Crippen molar-refractivity contribution in [1.82, 2.24) is 0 Å². The van der Waals surface area contributed by atoms with Gasteiger partial charge in [0.15, 0.2) is 3.77 Å².